The topological polar surface area (TPSA) is 29.1 Å². The van der Waals surface area contributed by atoms with Gasteiger partial charge in [0.05, 0.1) is 0 Å². The molecule has 0 unspecified atom stereocenters. The van der Waals surface area contributed by atoms with E-state index < -0.39 is 0 Å². The summed E-state index contributed by atoms with van der Waals surface area (Å²) < 4.78 is 13.9. The van der Waals surface area contributed by atoms with Gasteiger partial charge >= 0.3 is 0 Å². The molecule has 2 aromatic carbocycles. The van der Waals surface area contributed by atoms with Crippen LogP contribution in [0.25, 0.3) is 0 Å². The Morgan fingerprint density at radius 1 is 1.21 bits per heavy atom. The molecule has 2 aromatic rings. The molecule has 4 heteroatoms. The van der Waals surface area contributed by atoms with Crippen molar-refractivity contribution in [2.24, 2.45) is 0 Å². The lowest BCUT2D eigenvalue weighted by Gasteiger charge is -2.11. The van der Waals surface area contributed by atoms with Gasteiger partial charge in [-0.25, -0.2) is 4.39 Å². The van der Waals surface area contributed by atoms with E-state index in [0.717, 1.165) is 15.7 Å². The third kappa shape index (κ3) is 3.01. The van der Waals surface area contributed by atoms with Crippen molar-refractivity contribution in [1.82, 2.24) is 0 Å². The van der Waals surface area contributed by atoms with Crippen LogP contribution < -0.4 is 5.32 Å². The van der Waals surface area contributed by atoms with Gasteiger partial charge in [-0.2, -0.15) is 0 Å². The first-order chi connectivity index (χ1) is 8.99. The summed E-state index contributed by atoms with van der Waals surface area (Å²) in [6.45, 7) is 3.63. The average molecular weight is 322 g/mol. The van der Waals surface area contributed by atoms with E-state index in [2.05, 4.69) is 21.2 Å². The predicted octanol–water partition coefficient (Wildman–Crippen LogP) is 4.46. The number of anilines is 1. The smallest absolute Gasteiger partial charge is 0.255 e. The van der Waals surface area contributed by atoms with E-state index in [1.165, 1.54) is 18.2 Å². The van der Waals surface area contributed by atoms with Gasteiger partial charge in [-0.3, -0.25) is 4.79 Å². The van der Waals surface area contributed by atoms with E-state index in [4.69, 9.17) is 0 Å². The fourth-order valence-electron chi connectivity index (χ4n) is 1.81. The van der Waals surface area contributed by atoms with E-state index in [0.29, 0.717) is 11.1 Å². The number of aryl methyl sites for hydroxylation is 1. The van der Waals surface area contributed by atoms with Crippen LogP contribution in [-0.2, 0) is 0 Å². The van der Waals surface area contributed by atoms with E-state index in [9.17, 15) is 9.18 Å². The van der Waals surface area contributed by atoms with Crippen LogP contribution >= 0.6 is 15.9 Å². The second-order valence-electron chi connectivity index (χ2n) is 4.33. The highest BCUT2D eigenvalue weighted by Gasteiger charge is 2.11. The summed E-state index contributed by atoms with van der Waals surface area (Å²) >= 11 is 3.42. The summed E-state index contributed by atoms with van der Waals surface area (Å²) in [6, 6.07) is 9.72. The Morgan fingerprint density at radius 3 is 2.63 bits per heavy atom. The van der Waals surface area contributed by atoms with Crippen LogP contribution in [0.2, 0.25) is 0 Å². The van der Waals surface area contributed by atoms with Crippen molar-refractivity contribution < 1.29 is 9.18 Å². The molecular formula is C15H13BrFNO. The van der Waals surface area contributed by atoms with Crippen molar-refractivity contribution in [2.45, 2.75) is 13.8 Å². The molecule has 0 atom stereocenters. The Balaban J connectivity index is 2.28. The number of carbonyl (C=O) groups is 1. The molecule has 0 aliphatic carbocycles. The average Bonchev–Trinajstić information content (AvgIpc) is 2.34. The van der Waals surface area contributed by atoms with Crippen LogP contribution in [0.1, 0.15) is 21.5 Å². The van der Waals surface area contributed by atoms with Crippen molar-refractivity contribution in [2.75, 3.05) is 5.32 Å². The molecule has 0 aliphatic heterocycles. The molecule has 98 valence electrons. The molecule has 2 rings (SSSR count). The fourth-order valence-corrected chi connectivity index (χ4v) is 2.18. The lowest BCUT2D eigenvalue weighted by atomic mass is 10.1. The highest BCUT2D eigenvalue weighted by atomic mass is 79.9. The monoisotopic (exact) mass is 321 g/mol. The second-order valence-corrected chi connectivity index (χ2v) is 5.18. The molecule has 0 aliphatic rings. The Hall–Kier alpha value is -1.68. The molecule has 0 heterocycles. The molecule has 0 bridgehead atoms. The molecule has 0 aromatic heterocycles. The lowest BCUT2D eigenvalue weighted by Crippen LogP contribution is -2.14. The molecule has 0 saturated carbocycles. The van der Waals surface area contributed by atoms with Crippen LogP contribution in [0.15, 0.2) is 40.9 Å². The zero-order valence-electron chi connectivity index (χ0n) is 10.6. The maximum Gasteiger partial charge on any atom is 0.255 e. The molecule has 1 amide bonds. The van der Waals surface area contributed by atoms with Crippen molar-refractivity contribution in [1.29, 1.82) is 0 Å². The number of hydrogen-bond acceptors (Lipinski definition) is 1. The van der Waals surface area contributed by atoms with Crippen molar-refractivity contribution in [3.8, 4) is 0 Å². The summed E-state index contributed by atoms with van der Waals surface area (Å²) in [6.07, 6.45) is 0. The summed E-state index contributed by atoms with van der Waals surface area (Å²) in [5, 5.41) is 2.84. The molecule has 0 radical (unpaired) electrons. The number of amides is 1. The second kappa shape index (κ2) is 5.53. The van der Waals surface area contributed by atoms with Crippen molar-refractivity contribution >= 4 is 27.5 Å². The Morgan fingerprint density at radius 2 is 1.95 bits per heavy atom. The van der Waals surface area contributed by atoms with Gasteiger partial charge in [-0.1, -0.05) is 22.0 Å². The molecule has 0 saturated heterocycles. The standard InChI is InChI=1S/C15H13BrFNO/c1-9-8-11(17)6-7-12(9)15(19)18-14-5-3-4-13(16)10(14)2/h3-8H,1-2H3,(H,18,19). The summed E-state index contributed by atoms with van der Waals surface area (Å²) in [7, 11) is 0. The van der Waals surface area contributed by atoms with Crippen LogP contribution in [0, 0.1) is 19.7 Å². The molecule has 0 fully saturated rings. The van der Waals surface area contributed by atoms with Gasteiger partial charge in [0.1, 0.15) is 5.82 Å². The van der Waals surface area contributed by atoms with E-state index in [1.54, 1.807) is 6.92 Å². The Kier molecular flexibility index (Phi) is 4.00. The minimum absolute atomic E-state index is 0.237. The first-order valence-electron chi connectivity index (χ1n) is 5.81. The van der Waals surface area contributed by atoms with E-state index in [1.807, 2.05) is 25.1 Å². The normalized spacial score (nSPS) is 10.3. The van der Waals surface area contributed by atoms with Crippen LogP contribution in [0.4, 0.5) is 10.1 Å². The van der Waals surface area contributed by atoms with Gasteiger partial charge in [0, 0.05) is 15.7 Å². The maximum absolute atomic E-state index is 13.0. The summed E-state index contributed by atoms with van der Waals surface area (Å²) in [5.74, 6) is -0.577. The number of rotatable bonds is 2. The zero-order chi connectivity index (χ0) is 14.0. The molecule has 1 N–H and O–H groups in total. The first kappa shape index (κ1) is 13.7. The predicted molar refractivity (Wildman–Crippen MR) is 78.0 cm³/mol. The van der Waals surface area contributed by atoms with Gasteiger partial charge < -0.3 is 5.32 Å². The number of carbonyl (C=O) groups excluding carboxylic acids is 1. The first-order valence-corrected chi connectivity index (χ1v) is 6.61. The molecule has 0 spiro atoms. The maximum atomic E-state index is 13.0. The Labute approximate surface area is 119 Å². The van der Waals surface area contributed by atoms with Crippen molar-refractivity contribution in [3.05, 3.63) is 63.4 Å². The summed E-state index contributed by atoms with van der Waals surface area (Å²) in [4.78, 5) is 12.2. The quantitative estimate of drug-likeness (QED) is 0.869. The number of hydrogen-bond donors (Lipinski definition) is 1. The SMILES string of the molecule is Cc1cc(F)ccc1C(=O)Nc1cccc(Br)c1C. The molecular weight excluding hydrogens is 309 g/mol. The lowest BCUT2D eigenvalue weighted by molar-refractivity contribution is 0.102. The van der Waals surface area contributed by atoms with Crippen LogP contribution in [-0.4, -0.2) is 5.91 Å². The largest absolute Gasteiger partial charge is 0.322 e. The summed E-state index contributed by atoms with van der Waals surface area (Å²) in [5.41, 5.74) is 2.78. The van der Waals surface area contributed by atoms with Crippen LogP contribution in [0.3, 0.4) is 0 Å². The third-order valence-electron chi connectivity index (χ3n) is 2.95. The minimum Gasteiger partial charge on any atom is -0.322 e. The van der Waals surface area contributed by atoms with Gasteiger partial charge in [0.2, 0.25) is 0 Å². The fraction of sp³-hybridized carbons (Fsp3) is 0.133. The van der Waals surface area contributed by atoms with Crippen LogP contribution in [0.5, 0.6) is 0 Å². The third-order valence-corrected chi connectivity index (χ3v) is 3.81. The number of benzene rings is 2. The highest BCUT2D eigenvalue weighted by molar-refractivity contribution is 9.10. The van der Waals surface area contributed by atoms with Gasteiger partial charge in [-0.15, -0.1) is 0 Å². The Bertz CT molecular complexity index is 640. The van der Waals surface area contributed by atoms with E-state index >= 15 is 0 Å². The molecule has 2 nitrogen and oxygen atoms in total. The van der Waals surface area contributed by atoms with Crippen molar-refractivity contribution in [3.63, 3.8) is 0 Å². The van der Waals surface area contributed by atoms with Gasteiger partial charge in [-0.05, 0) is 55.3 Å². The van der Waals surface area contributed by atoms with E-state index in [-0.39, 0.29) is 11.7 Å². The molecule has 19 heavy (non-hydrogen) atoms. The highest BCUT2D eigenvalue weighted by Crippen LogP contribution is 2.24. The minimum atomic E-state index is -0.340. The van der Waals surface area contributed by atoms with Gasteiger partial charge in [0.25, 0.3) is 5.91 Å². The zero-order valence-corrected chi connectivity index (χ0v) is 12.2. The number of nitrogens with one attached hydrogen (secondary N) is 1. The number of halogens is 2. The van der Waals surface area contributed by atoms with Gasteiger partial charge in [0.15, 0.2) is 0 Å².